The fourth-order valence-corrected chi connectivity index (χ4v) is 2.87. The summed E-state index contributed by atoms with van der Waals surface area (Å²) in [4.78, 5) is 12.1. The van der Waals surface area contributed by atoms with E-state index in [-0.39, 0.29) is 24.4 Å². The molecular formula is C16H25ClN2O2. The minimum atomic E-state index is 0. The summed E-state index contributed by atoms with van der Waals surface area (Å²) in [6.45, 7) is 0.660. The number of nitrogens with two attached hydrogens (primary N) is 1. The van der Waals surface area contributed by atoms with Crippen LogP contribution in [-0.4, -0.2) is 25.6 Å². The maximum absolute atomic E-state index is 12.1. The predicted octanol–water partition coefficient (Wildman–Crippen LogP) is 2.29. The van der Waals surface area contributed by atoms with E-state index in [9.17, 15) is 4.79 Å². The smallest absolute Gasteiger partial charge is 0.224 e. The van der Waals surface area contributed by atoms with Gasteiger partial charge in [0.15, 0.2) is 0 Å². The molecule has 0 bridgehead atoms. The number of nitrogens with one attached hydrogen (secondary N) is 1. The fraction of sp³-hybridized carbons (Fsp3) is 0.562. The maximum atomic E-state index is 12.1. The van der Waals surface area contributed by atoms with Gasteiger partial charge in [0.05, 0.1) is 13.5 Å². The summed E-state index contributed by atoms with van der Waals surface area (Å²) in [7, 11) is 1.64. The van der Waals surface area contributed by atoms with Gasteiger partial charge in [0.25, 0.3) is 0 Å². The van der Waals surface area contributed by atoms with Crippen molar-refractivity contribution in [1.82, 2.24) is 5.32 Å². The molecule has 1 aromatic rings. The molecule has 21 heavy (non-hydrogen) atoms. The Bertz CT molecular complexity index is 436. The third kappa shape index (κ3) is 5.21. The van der Waals surface area contributed by atoms with E-state index in [1.54, 1.807) is 7.11 Å². The van der Waals surface area contributed by atoms with Gasteiger partial charge in [-0.25, -0.2) is 0 Å². The zero-order chi connectivity index (χ0) is 14.4. The molecule has 1 aliphatic rings. The van der Waals surface area contributed by atoms with Crippen LogP contribution in [0.4, 0.5) is 0 Å². The van der Waals surface area contributed by atoms with Gasteiger partial charge in [-0.15, -0.1) is 12.4 Å². The Morgan fingerprint density at radius 3 is 2.57 bits per heavy atom. The number of carbonyl (C=O) groups is 1. The van der Waals surface area contributed by atoms with Gasteiger partial charge in [-0.3, -0.25) is 4.79 Å². The maximum Gasteiger partial charge on any atom is 0.224 e. The summed E-state index contributed by atoms with van der Waals surface area (Å²) in [6.07, 6.45) is 5.01. The van der Waals surface area contributed by atoms with Crippen LogP contribution < -0.4 is 15.8 Å². The molecule has 5 heteroatoms. The highest BCUT2D eigenvalue weighted by Crippen LogP contribution is 2.23. The van der Waals surface area contributed by atoms with Crippen LogP contribution in [0.2, 0.25) is 0 Å². The number of methoxy groups -OCH3 is 1. The lowest BCUT2D eigenvalue weighted by molar-refractivity contribution is -0.121. The lowest BCUT2D eigenvalue weighted by atomic mass is 9.84. The lowest BCUT2D eigenvalue weighted by Crippen LogP contribution is -2.45. The highest BCUT2D eigenvalue weighted by Gasteiger charge is 2.25. The van der Waals surface area contributed by atoms with Gasteiger partial charge in [-0.2, -0.15) is 0 Å². The summed E-state index contributed by atoms with van der Waals surface area (Å²) in [5.74, 6) is 1.33. The minimum absolute atomic E-state index is 0. The van der Waals surface area contributed by atoms with Crippen LogP contribution in [0.1, 0.15) is 31.2 Å². The van der Waals surface area contributed by atoms with Crippen LogP contribution in [0.15, 0.2) is 24.3 Å². The lowest BCUT2D eigenvalue weighted by Gasteiger charge is -2.31. The molecule has 1 saturated carbocycles. The normalized spacial score (nSPS) is 21.2. The molecule has 0 saturated heterocycles. The monoisotopic (exact) mass is 312 g/mol. The van der Waals surface area contributed by atoms with Gasteiger partial charge < -0.3 is 15.8 Å². The van der Waals surface area contributed by atoms with Crippen molar-refractivity contribution in [2.75, 3.05) is 13.7 Å². The van der Waals surface area contributed by atoms with E-state index in [1.165, 1.54) is 12.8 Å². The molecule has 0 aliphatic heterocycles. The van der Waals surface area contributed by atoms with E-state index < -0.39 is 0 Å². The second kappa shape index (κ2) is 8.90. The molecule has 1 fully saturated rings. The molecule has 1 aliphatic carbocycles. The van der Waals surface area contributed by atoms with E-state index in [0.29, 0.717) is 18.9 Å². The number of halogens is 1. The van der Waals surface area contributed by atoms with E-state index in [2.05, 4.69) is 5.32 Å². The standard InChI is InChI=1S/C16H24N2O2.ClH/c1-20-14-8-6-12(7-9-14)10-16(19)18-15-5-3-2-4-13(15)11-17;/h6-9,13,15H,2-5,10-11,17H2,1H3,(H,18,19);1H. The minimum Gasteiger partial charge on any atom is -0.497 e. The van der Waals surface area contributed by atoms with Crippen LogP contribution in [-0.2, 0) is 11.2 Å². The van der Waals surface area contributed by atoms with Crippen LogP contribution in [0, 0.1) is 5.92 Å². The van der Waals surface area contributed by atoms with Crippen molar-refractivity contribution in [3.05, 3.63) is 29.8 Å². The van der Waals surface area contributed by atoms with Gasteiger partial charge in [0, 0.05) is 6.04 Å². The Morgan fingerprint density at radius 2 is 1.95 bits per heavy atom. The fourth-order valence-electron chi connectivity index (χ4n) is 2.87. The molecule has 2 unspecified atom stereocenters. The Balaban J connectivity index is 0.00000220. The first-order chi connectivity index (χ1) is 9.72. The van der Waals surface area contributed by atoms with Crippen molar-refractivity contribution in [3.8, 4) is 5.75 Å². The number of benzene rings is 1. The molecule has 2 rings (SSSR count). The molecule has 4 nitrogen and oxygen atoms in total. The van der Waals surface area contributed by atoms with Crippen molar-refractivity contribution in [1.29, 1.82) is 0 Å². The van der Waals surface area contributed by atoms with E-state index in [0.717, 1.165) is 24.2 Å². The number of hydrogen-bond donors (Lipinski definition) is 2. The molecule has 1 aromatic carbocycles. The first-order valence-electron chi connectivity index (χ1n) is 7.35. The van der Waals surface area contributed by atoms with Gasteiger partial charge in [0.2, 0.25) is 5.91 Å². The molecule has 0 spiro atoms. The van der Waals surface area contributed by atoms with Crippen molar-refractivity contribution < 1.29 is 9.53 Å². The van der Waals surface area contributed by atoms with E-state index in [4.69, 9.17) is 10.5 Å². The zero-order valence-corrected chi connectivity index (χ0v) is 13.3. The van der Waals surface area contributed by atoms with Crippen LogP contribution in [0.25, 0.3) is 0 Å². The molecule has 2 atom stereocenters. The van der Waals surface area contributed by atoms with Crippen LogP contribution in [0.3, 0.4) is 0 Å². The first-order valence-corrected chi connectivity index (χ1v) is 7.35. The number of hydrogen-bond acceptors (Lipinski definition) is 3. The largest absolute Gasteiger partial charge is 0.497 e. The van der Waals surface area contributed by atoms with Crippen LogP contribution in [0.5, 0.6) is 5.75 Å². The Morgan fingerprint density at radius 1 is 1.29 bits per heavy atom. The van der Waals surface area contributed by atoms with Gasteiger partial charge in [0.1, 0.15) is 5.75 Å². The molecular weight excluding hydrogens is 288 g/mol. The Kier molecular flexibility index (Phi) is 7.54. The second-order valence-corrected chi connectivity index (χ2v) is 5.48. The second-order valence-electron chi connectivity index (χ2n) is 5.48. The molecule has 0 heterocycles. The molecule has 118 valence electrons. The highest BCUT2D eigenvalue weighted by molar-refractivity contribution is 5.85. The summed E-state index contributed by atoms with van der Waals surface area (Å²) in [5, 5.41) is 3.15. The van der Waals surface area contributed by atoms with Crippen LogP contribution >= 0.6 is 12.4 Å². The van der Waals surface area contributed by atoms with Gasteiger partial charge >= 0.3 is 0 Å². The number of ether oxygens (including phenoxy) is 1. The van der Waals surface area contributed by atoms with Crippen molar-refractivity contribution in [2.24, 2.45) is 11.7 Å². The highest BCUT2D eigenvalue weighted by atomic mass is 35.5. The number of rotatable bonds is 5. The Labute approximate surface area is 132 Å². The molecule has 1 amide bonds. The van der Waals surface area contributed by atoms with E-state index in [1.807, 2.05) is 24.3 Å². The zero-order valence-electron chi connectivity index (χ0n) is 12.5. The third-order valence-electron chi connectivity index (χ3n) is 4.08. The number of carbonyl (C=O) groups excluding carboxylic acids is 1. The van der Waals surface area contributed by atoms with Gasteiger partial charge in [-0.1, -0.05) is 25.0 Å². The Hall–Kier alpha value is -1.26. The summed E-state index contributed by atoms with van der Waals surface area (Å²) >= 11 is 0. The number of amides is 1. The van der Waals surface area contributed by atoms with Gasteiger partial charge in [-0.05, 0) is 43.0 Å². The van der Waals surface area contributed by atoms with Crippen molar-refractivity contribution in [3.63, 3.8) is 0 Å². The van der Waals surface area contributed by atoms with Crippen molar-refractivity contribution >= 4 is 18.3 Å². The quantitative estimate of drug-likeness (QED) is 0.877. The SMILES string of the molecule is COc1ccc(CC(=O)NC2CCCCC2CN)cc1.Cl. The molecule has 0 radical (unpaired) electrons. The summed E-state index contributed by atoms with van der Waals surface area (Å²) in [5.41, 5.74) is 6.79. The van der Waals surface area contributed by atoms with E-state index >= 15 is 0 Å². The van der Waals surface area contributed by atoms with Crippen molar-refractivity contribution in [2.45, 2.75) is 38.1 Å². The first kappa shape index (κ1) is 17.8. The summed E-state index contributed by atoms with van der Waals surface area (Å²) in [6, 6.07) is 7.87. The topological polar surface area (TPSA) is 64.3 Å². The summed E-state index contributed by atoms with van der Waals surface area (Å²) < 4.78 is 5.11. The third-order valence-corrected chi connectivity index (χ3v) is 4.08. The predicted molar refractivity (Wildman–Crippen MR) is 86.9 cm³/mol. The molecule has 0 aromatic heterocycles. The molecule has 3 N–H and O–H groups in total. The average molecular weight is 313 g/mol. The average Bonchev–Trinajstić information content (AvgIpc) is 2.48.